The Morgan fingerprint density at radius 1 is 1.29 bits per heavy atom. The Morgan fingerprint density at radius 2 is 1.97 bits per heavy atom. The minimum atomic E-state index is -2.35. The summed E-state index contributed by atoms with van der Waals surface area (Å²) in [4.78, 5) is 27.2. The highest BCUT2D eigenvalue weighted by Gasteiger charge is 2.59. The molecule has 1 saturated carbocycles. The normalized spacial score (nSPS) is 27.5. The molecule has 3 aliphatic carbocycles. The summed E-state index contributed by atoms with van der Waals surface area (Å²) in [5.41, 5.74) is 3.73. The van der Waals surface area contributed by atoms with E-state index in [0.29, 0.717) is 17.7 Å². The number of methoxy groups -OCH3 is 1. The number of carbonyl (C=O) groups is 2. The number of aliphatic hydroxyl groups is 3. The van der Waals surface area contributed by atoms with E-state index in [1.165, 1.54) is 7.11 Å². The molecule has 0 aliphatic heterocycles. The minimum Gasteiger partial charge on any atom is -0.511 e. The van der Waals surface area contributed by atoms with Crippen molar-refractivity contribution in [3.8, 4) is 5.75 Å². The molecule has 0 unspecified atom stereocenters. The molecule has 3 atom stereocenters. The molecular weight excluding hydrogens is 402 g/mol. The maximum atomic E-state index is 13.5. The van der Waals surface area contributed by atoms with Crippen LogP contribution in [0.25, 0.3) is 5.76 Å². The van der Waals surface area contributed by atoms with Gasteiger partial charge < -0.3 is 36.1 Å². The van der Waals surface area contributed by atoms with Gasteiger partial charge in [0.05, 0.1) is 18.4 Å². The van der Waals surface area contributed by atoms with E-state index in [1.807, 2.05) is 25.1 Å². The summed E-state index contributed by atoms with van der Waals surface area (Å²) in [6.45, 7) is 0. The Hall–Kier alpha value is -3.33. The number of ether oxygens (including phenoxy) is 1. The molecule has 0 saturated heterocycles. The van der Waals surface area contributed by atoms with Crippen LogP contribution in [0.3, 0.4) is 0 Å². The molecule has 4 rings (SSSR count). The molecule has 9 nitrogen and oxygen atoms in total. The monoisotopic (exact) mass is 427 g/mol. The zero-order valence-electron chi connectivity index (χ0n) is 17.5. The lowest BCUT2D eigenvalue weighted by molar-refractivity contribution is -0.136. The first kappa shape index (κ1) is 20.9. The summed E-state index contributed by atoms with van der Waals surface area (Å²) in [5, 5.41) is 41.1. The van der Waals surface area contributed by atoms with Gasteiger partial charge in [0.1, 0.15) is 22.8 Å². The number of ketones is 1. The second-order valence-electron chi connectivity index (χ2n) is 8.49. The number of aliphatic hydroxyl groups excluding tert-OH is 2. The van der Waals surface area contributed by atoms with Crippen LogP contribution >= 0.6 is 0 Å². The lowest BCUT2D eigenvalue weighted by atomic mass is 9.58. The Kier molecular flexibility index (Phi) is 4.62. The Labute approximate surface area is 178 Å². The van der Waals surface area contributed by atoms with E-state index in [4.69, 9.17) is 15.9 Å². The molecule has 0 aromatic heterocycles. The molecular formula is C22H25N3O6. The summed E-state index contributed by atoms with van der Waals surface area (Å²) in [6.07, 6.45) is 0.501. The van der Waals surface area contributed by atoms with Gasteiger partial charge >= 0.3 is 0 Å². The van der Waals surface area contributed by atoms with Crippen molar-refractivity contribution in [2.75, 3.05) is 26.1 Å². The van der Waals surface area contributed by atoms with Crippen LogP contribution < -0.4 is 15.4 Å². The fraction of sp³-hybridized carbons (Fsp3) is 0.409. The predicted octanol–water partition coefficient (Wildman–Crippen LogP) is 1.24. The topological polar surface area (TPSA) is 157 Å². The summed E-state index contributed by atoms with van der Waals surface area (Å²) < 4.78 is 5.42. The minimum absolute atomic E-state index is 0.00964. The van der Waals surface area contributed by atoms with Crippen molar-refractivity contribution in [3.63, 3.8) is 0 Å². The third-order valence-electron chi connectivity index (χ3n) is 6.66. The summed E-state index contributed by atoms with van der Waals surface area (Å²) in [5.74, 6) is -3.47. The number of primary amides is 1. The van der Waals surface area contributed by atoms with Gasteiger partial charge in [-0.05, 0) is 36.5 Å². The number of anilines is 1. The highest BCUT2D eigenvalue weighted by Crippen LogP contribution is 2.52. The number of fused-ring (bicyclic) bond motifs is 3. The maximum absolute atomic E-state index is 13.5. The van der Waals surface area contributed by atoms with E-state index in [-0.39, 0.29) is 24.2 Å². The van der Waals surface area contributed by atoms with E-state index in [0.717, 1.165) is 11.3 Å². The predicted molar refractivity (Wildman–Crippen MR) is 113 cm³/mol. The van der Waals surface area contributed by atoms with Gasteiger partial charge in [0.2, 0.25) is 5.78 Å². The number of nitrogens with two attached hydrogens (primary N) is 1. The second-order valence-corrected chi connectivity index (χ2v) is 8.49. The summed E-state index contributed by atoms with van der Waals surface area (Å²) >= 11 is 0. The fourth-order valence-electron chi connectivity index (χ4n) is 5.23. The maximum Gasteiger partial charge on any atom is 0.254 e. The second kappa shape index (κ2) is 6.84. The number of rotatable bonds is 3. The van der Waals surface area contributed by atoms with Crippen molar-refractivity contribution >= 4 is 28.8 Å². The number of hydrogen-bond acceptors (Lipinski definition) is 8. The average Bonchev–Trinajstić information content (AvgIpc) is 2.69. The third-order valence-corrected chi connectivity index (χ3v) is 6.66. The van der Waals surface area contributed by atoms with E-state index in [1.54, 1.807) is 6.07 Å². The molecule has 3 aliphatic rings. The first-order valence-electron chi connectivity index (χ1n) is 9.93. The van der Waals surface area contributed by atoms with Crippen molar-refractivity contribution in [1.82, 2.24) is 0 Å². The molecule has 0 spiro atoms. The highest BCUT2D eigenvalue weighted by atomic mass is 16.5. The summed E-state index contributed by atoms with van der Waals surface area (Å²) in [7, 11) is 5.21. The van der Waals surface area contributed by atoms with E-state index < -0.39 is 46.2 Å². The first-order valence-corrected chi connectivity index (χ1v) is 9.93. The Morgan fingerprint density at radius 3 is 2.55 bits per heavy atom. The number of allylic oxidation sites excluding steroid dienone is 1. The first-order chi connectivity index (χ1) is 14.5. The van der Waals surface area contributed by atoms with Crippen molar-refractivity contribution in [2.24, 2.45) is 17.6 Å². The van der Waals surface area contributed by atoms with Gasteiger partial charge in [-0.25, -0.2) is 0 Å². The molecule has 0 radical (unpaired) electrons. The largest absolute Gasteiger partial charge is 0.511 e. The van der Waals surface area contributed by atoms with E-state index in [2.05, 4.69) is 0 Å². The number of nitrogens with one attached hydrogen (secondary N) is 1. The van der Waals surface area contributed by atoms with Gasteiger partial charge in [-0.15, -0.1) is 0 Å². The number of carbonyl (C=O) groups excluding carboxylic acids is 2. The average molecular weight is 427 g/mol. The van der Waals surface area contributed by atoms with Crippen molar-refractivity contribution in [3.05, 3.63) is 40.2 Å². The molecule has 1 fully saturated rings. The van der Waals surface area contributed by atoms with Gasteiger partial charge in [0, 0.05) is 37.7 Å². The van der Waals surface area contributed by atoms with E-state index >= 15 is 0 Å². The number of nitrogens with zero attached hydrogens (tertiary/aromatic N) is 1. The molecule has 1 aromatic carbocycles. The van der Waals surface area contributed by atoms with Crippen LogP contribution in [0.15, 0.2) is 29.0 Å². The van der Waals surface area contributed by atoms with Crippen molar-refractivity contribution < 1.29 is 29.6 Å². The molecule has 1 aromatic rings. The van der Waals surface area contributed by atoms with Gasteiger partial charge in [0.25, 0.3) is 5.91 Å². The Balaban J connectivity index is 1.93. The zero-order chi connectivity index (χ0) is 22.8. The summed E-state index contributed by atoms with van der Waals surface area (Å²) in [6, 6.07) is 3.58. The van der Waals surface area contributed by atoms with Crippen molar-refractivity contribution in [2.45, 2.75) is 24.9 Å². The molecule has 0 bridgehead atoms. The lowest BCUT2D eigenvalue weighted by Gasteiger charge is -2.47. The molecule has 0 heterocycles. The van der Waals surface area contributed by atoms with Gasteiger partial charge in [0.15, 0.2) is 5.60 Å². The van der Waals surface area contributed by atoms with Crippen LogP contribution in [-0.4, -0.2) is 59.5 Å². The van der Waals surface area contributed by atoms with Crippen molar-refractivity contribution in [1.29, 1.82) is 5.41 Å². The molecule has 1 amide bonds. The fourth-order valence-corrected chi connectivity index (χ4v) is 5.23. The molecule has 9 heteroatoms. The lowest BCUT2D eigenvalue weighted by Crippen LogP contribution is -2.61. The molecule has 164 valence electrons. The zero-order valence-corrected chi connectivity index (χ0v) is 17.5. The SMILES string of the molecule is COc1ccc(N(C)C)c2c1C(O)=C1C(=O)[C@]3(O)C(=N)C(C(N)=O)=C(O)C[C@@H]3C[C@@H]1C2. The van der Waals surface area contributed by atoms with Gasteiger partial charge in [-0.1, -0.05) is 0 Å². The number of Topliss-reactive ketones (excluding diaryl/α,β-unsaturated/α-hetero) is 1. The van der Waals surface area contributed by atoms with Crippen LogP contribution in [0.5, 0.6) is 5.75 Å². The number of benzene rings is 1. The smallest absolute Gasteiger partial charge is 0.254 e. The van der Waals surface area contributed by atoms with Gasteiger partial charge in [-0.3, -0.25) is 9.59 Å². The van der Waals surface area contributed by atoms with Crippen LogP contribution in [0.1, 0.15) is 24.0 Å². The van der Waals surface area contributed by atoms with Crippen LogP contribution in [-0.2, 0) is 16.0 Å². The van der Waals surface area contributed by atoms with Crippen LogP contribution in [0, 0.1) is 17.2 Å². The molecule has 31 heavy (non-hydrogen) atoms. The van der Waals surface area contributed by atoms with Gasteiger partial charge in [-0.2, -0.15) is 0 Å². The van der Waals surface area contributed by atoms with Crippen LogP contribution in [0.2, 0.25) is 0 Å². The number of amides is 1. The van der Waals surface area contributed by atoms with E-state index in [9.17, 15) is 24.9 Å². The third kappa shape index (κ3) is 2.69. The van der Waals surface area contributed by atoms with Crippen LogP contribution in [0.4, 0.5) is 5.69 Å². The standard InChI is InChI=1S/C22H25N3O6/c1-25(2)12-4-5-14(31-3)16-11(12)7-9-6-10-8-13(26)17(21(24)29)19(23)22(10,30)20(28)15(9)18(16)27/h4-5,9-10,23,26-27,30H,6-8H2,1-3H3,(H2,24,29)/t9-,10+,22-/m1/s1. The number of hydrogen-bond donors (Lipinski definition) is 5. The highest BCUT2D eigenvalue weighted by molar-refractivity contribution is 6.33. The molecule has 6 N–H and O–H groups in total. The Bertz CT molecular complexity index is 1100. The quantitative estimate of drug-likeness (QED) is 0.486.